The van der Waals surface area contributed by atoms with E-state index in [4.69, 9.17) is 10.5 Å². The molecule has 1 aliphatic heterocycles. The Hall–Kier alpha value is -3.00. The summed E-state index contributed by atoms with van der Waals surface area (Å²) < 4.78 is 21.0. The van der Waals surface area contributed by atoms with Gasteiger partial charge in [-0.15, -0.1) is 11.3 Å². The van der Waals surface area contributed by atoms with Gasteiger partial charge in [0.15, 0.2) is 11.6 Å². The van der Waals surface area contributed by atoms with Crippen LogP contribution in [0.15, 0.2) is 60.8 Å². The highest BCUT2D eigenvalue weighted by Crippen LogP contribution is 2.39. The van der Waals surface area contributed by atoms with Crippen molar-refractivity contribution in [2.24, 2.45) is 0 Å². The minimum absolute atomic E-state index is 0.148. The monoisotopic (exact) mass is 462 g/mol. The van der Waals surface area contributed by atoms with E-state index in [0.717, 1.165) is 40.3 Å². The van der Waals surface area contributed by atoms with Gasteiger partial charge in [0.05, 0.1) is 10.2 Å². The molecule has 7 heteroatoms. The average Bonchev–Trinajstić information content (AvgIpc) is 3.44. The molecule has 2 N–H and O–H groups in total. The van der Waals surface area contributed by atoms with Crippen molar-refractivity contribution in [1.29, 1.82) is 0 Å². The molecule has 2 aromatic heterocycles. The Balaban J connectivity index is 1.34. The fourth-order valence-corrected chi connectivity index (χ4v) is 5.34. The summed E-state index contributed by atoms with van der Waals surface area (Å²) in [5, 5.41) is 0. The zero-order valence-corrected chi connectivity index (χ0v) is 19.6. The van der Waals surface area contributed by atoms with Crippen molar-refractivity contribution >= 4 is 27.2 Å². The second-order valence-electron chi connectivity index (χ2n) is 8.76. The predicted molar refractivity (Wildman–Crippen MR) is 133 cm³/mol. The van der Waals surface area contributed by atoms with Crippen LogP contribution in [0.25, 0.3) is 20.7 Å². The molecule has 0 radical (unpaired) electrons. The van der Waals surface area contributed by atoms with Gasteiger partial charge in [-0.3, -0.25) is 9.88 Å². The Morgan fingerprint density at radius 2 is 1.94 bits per heavy atom. The van der Waals surface area contributed by atoms with Crippen LogP contribution in [-0.2, 0) is 6.54 Å². The third kappa shape index (κ3) is 4.71. The number of thiophene rings is 1. The first kappa shape index (κ1) is 21.8. The summed E-state index contributed by atoms with van der Waals surface area (Å²) in [5.41, 5.74) is 9.30. The number of pyridine rings is 1. The fourth-order valence-electron chi connectivity index (χ4n) is 4.27. The van der Waals surface area contributed by atoms with Crippen LogP contribution in [0.3, 0.4) is 0 Å². The fraction of sp³-hybridized carbons (Fsp3) is 0.269. The first-order chi connectivity index (χ1) is 16.0. The molecule has 0 amide bonds. The molecule has 0 spiro atoms. The number of rotatable bonds is 6. The van der Waals surface area contributed by atoms with E-state index < -0.39 is 5.82 Å². The Bertz CT molecular complexity index is 1270. The van der Waals surface area contributed by atoms with Crippen LogP contribution in [-0.4, -0.2) is 48.0 Å². The Labute approximate surface area is 197 Å². The summed E-state index contributed by atoms with van der Waals surface area (Å²) in [5.74, 6) is 0.248. The predicted octanol–water partition coefficient (Wildman–Crippen LogP) is 5.61. The summed E-state index contributed by atoms with van der Waals surface area (Å²) in [7, 11) is 4.32. The van der Waals surface area contributed by atoms with E-state index in [1.54, 1.807) is 35.7 Å². The van der Waals surface area contributed by atoms with Crippen LogP contribution in [0.4, 0.5) is 10.1 Å². The van der Waals surface area contributed by atoms with Crippen molar-refractivity contribution in [1.82, 2.24) is 14.8 Å². The molecule has 2 aromatic carbocycles. The van der Waals surface area contributed by atoms with Crippen molar-refractivity contribution < 1.29 is 9.13 Å². The Morgan fingerprint density at radius 1 is 1.12 bits per heavy atom. The third-order valence-electron chi connectivity index (χ3n) is 6.17. The molecule has 0 aliphatic carbocycles. The zero-order chi connectivity index (χ0) is 22.9. The van der Waals surface area contributed by atoms with Gasteiger partial charge in [0.25, 0.3) is 0 Å². The Morgan fingerprint density at radius 3 is 2.67 bits per heavy atom. The molecule has 1 fully saturated rings. The van der Waals surface area contributed by atoms with Gasteiger partial charge in [-0.05, 0) is 49.8 Å². The maximum absolute atomic E-state index is 14.2. The normalized spacial score (nSPS) is 16.7. The van der Waals surface area contributed by atoms with Crippen LogP contribution in [0.5, 0.6) is 11.5 Å². The molecule has 1 saturated heterocycles. The number of ether oxygens (including phenoxy) is 1. The molecule has 3 heterocycles. The summed E-state index contributed by atoms with van der Waals surface area (Å²) in [6.07, 6.45) is 2.91. The lowest BCUT2D eigenvalue weighted by Gasteiger charge is -2.20. The summed E-state index contributed by atoms with van der Waals surface area (Å²) in [6, 6.07) is 17.6. The zero-order valence-electron chi connectivity index (χ0n) is 18.8. The second kappa shape index (κ2) is 9.09. The van der Waals surface area contributed by atoms with E-state index in [9.17, 15) is 4.39 Å². The van der Waals surface area contributed by atoms with Gasteiger partial charge in [-0.1, -0.05) is 24.3 Å². The molecular weight excluding hydrogens is 435 g/mol. The summed E-state index contributed by atoms with van der Waals surface area (Å²) in [6.45, 7) is 3.24. The van der Waals surface area contributed by atoms with Gasteiger partial charge >= 0.3 is 0 Å². The van der Waals surface area contributed by atoms with Crippen molar-refractivity contribution in [2.75, 3.05) is 32.9 Å². The van der Waals surface area contributed by atoms with Gasteiger partial charge in [0, 0.05) is 54.6 Å². The number of benzene rings is 2. The molecule has 0 bridgehead atoms. The summed E-state index contributed by atoms with van der Waals surface area (Å²) in [4.78, 5) is 10.4. The van der Waals surface area contributed by atoms with Crippen molar-refractivity contribution in [2.45, 2.75) is 19.0 Å². The van der Waals surface area contributed by atoms with Gasteiger partial charge in [-0.25, -0.2) is 4.39 Å². The second-order valence-corrected chi connectivity index (χ2v) is 9.82. The van der Waals surface area contributed by atoms with Crippen LogP contribution < -0.4 is 10.5 Å². The number of nitrogen functional groups attached to an aromatic ring is 1. The highest BCUT2D eigenvalue weighted by molar-refractivity contribution is 7.22. The van der Waals surface area contributed by atoms with E-state index in [0.29, 0.717) is 17.5 Å². The molecule has 1 aliphatic rings. The van der Waals surface area contributed by atoms with Crippen LogP contribution >= 0.6 is 11.3 Å². The van der Waals surface area contributed by atoms with Crippen LogP contribution in [0.1, 0.15) is 12.0 Å². The lowest BCUT2D eigenvalue weighted by Crippen LogP contribution is -2.31. The number of hydrogen-bond donors (Lipinski definition) is 1. The molecule has 170 valence electrons. The van der Waals surface area contributed by atoms with Crippen LogP contribution in [0.2, 0.25) is 0 Å². The van der Waals surface area contributed by atoms with Gasteiger partial charge in [-0.2, -0.15) is 0 Å². The van der Waals surface area contributed by atoms with Crippen molar-refractivity contribution in [3.8, 4) is 21.9 Å². The smallest absolute Gasteiger partial charge is 0.167 e. The third-order valence-corrected chi connectivity index (χ3v) is 7.36. The molecule has 0 unspecified atom stereocenters. The number of nitrogens with two attached hydrogens (primary N) is 1. The molecular formula is C26H27FN4OS. The first-order valence-electron chi connectivity index (χ1n) is 11.1. The van der Waals surface area contributed by atoms with E-state index in [1.165, 1.54) is 18.1 Å². The highest BCUT2D eigenvalue weighted by atomic mass is 32.1. The van der Waals surface area contributed by atoms with Crippen molar-refractivity contribution in [3.63, 3.8) is 0 Å². The topological polar surface area (TPSA) is 54.6 Å². The highest BCUT2D eigenvalue weighted by Gasteiger charge is 2.23. The number of aromatic nitrogens is 1. The molecule has 5 nitrogen and oxygen atoms in total. The SMILES string of the molecule is CN(C)[C@H]1CCN(Cc2ccc(-c3cc4nccc(Oc5ccc(N)cc5F)c4s3)cc2)C1. The standard InChI is InChI=1S/C26H27FN4OS/c1-30(2)20-10-12-31(16-20)15-17-3-5-18(6-4-17)25-14-22-26(33-25)24(9-11-29-22)32-23-8-7-19(28)13-21(23)27/h3-9,11,13-14,20H,10,12,15-16,28H2,1-2H3/t20-/m0/s1. The number of likely N-dealkylation sites (N-methyl/N-ethyl adjacent to an activating group) is 1. The molecule has 0 saturated carbocycles. The maximum atomic E-state index is 14.2. The molecule has 33 heavy (non-hydrogen) atoms. The number of nitrogens with zero attached hydrogens (tertiary/aromatic N) is 3. The lowest BCUT2D eigenvalue weighted by atomic mass is 10.1. The molecule has 1 atom stereocenters. The van der Waals surface area contributed by atoms with Gasteiger partial charge in [0.2, 0.25) is 0 Å². The van der Waals surface area contributed by atoms with Crippen molar-refractivity contribution in [3.05, 3.63) is 72.2 Å². The minimum atomic E-state index is -0.484. The number of anilines is 1. The summed E-state index contributed by atoms with van der Waals surface area (Å²) >= 11 is 1.60. The lowest BCUT2D eigenvalue weighted by molar-refractivity contribution is 0.264. The first-order valence-corrected chi connectivity index (χ1v) is 11.9. The largest absolute Gasteiger partial charge is 0.453 e. The number of hydrogen-bond acceptors (Lipinski definition) is 6. The average molecular weight is 463 g/mol. The minimum Gasteiger partial charge on any atom is -0.453 e. The van der Waals surface area contributed by atoms with E-state index in [1.807, 2.05) is 0 Å². The number of fused-ring (bicyclic) bond motifs is 1. The van der Waals surface area contributed by atoms with E-state index >= 15 is 0 Å². The quantitative estimate of drug-likeness (QED) is 0.377. The molecule has 5 rings (SSSR count). The number of likely N-dealkylation sites (tertiary alicyclic amines) is 1. The van der Waals surface area contributed by atoms with Crippen LogP contribution in [0, 0.1) is 5.82 Å². The van der Waals surface area contributed by atoms with Gasteiger partial charge < -0.3 is 15.4 Å². The maximum Gasteiger partial charge on any atom is 0.167 e. The number of halogens is 1. The Kier molecular flexibility index (Phi) is 6.01. The molecule has 4 aromatic rings. The van der Waals surface area contributed by atoms with E-state index in [2.05, 4.69) is 59.2 Å². The van der Waals surface area contributed by atoms with Gasteiger partial charge in [0.1, 0.15) is 5.75 Å². The van der Waals surface area contributed by atoms with E-state index in [-0.39, 0.29) is 5.75 Å².